The minimum absolute atomic E-state index is 0.293. The number of rotatable bonds is 4. The van der Waals surface area contributed by atoms with Crippen molar-refractivity contribution in [2.45, 2.75) is 13.2 Å². The van der Waals surface area contributed by atoms with Crippen LogP contribution in [0.2, 0.25) is 0 Å². The summed E-state index contributed by atoms with van der Waals surface area (Å²) in [4.78, 5) is 0. The molecule has 0 saturated heterocycles. The highest BCUT2D eigenvalue weighted by atomic mass is 16.5. The number of para-hydroxylation sites is 1. The van der Waals surface area contributed by atoms with Crippen LogP contribution in [0, 0.1) is 0 Å². The third kappa shape index (κ3) is 2.37. The lowest BCUT2D eigenvalue weighted by molar-refractivity contribution is 0.0351. The minimum atomic E-state index is -0.293. The number of hydrogen-bond acceptors (Lipinski definition) is 3. The molecule has 0 aliphatic rings. The van der Waals surface area contributed by atoms with Crippen LogP contribution in [0.25, 0.3) is 21.8 Å². The lowest BCUT2D eigenvalue weighted by Gasteiger charge is -2.20. The molecule has 0 bridgehead atoms. The summed E-state index contributed by atoms with van der Waals surface area (Å²) in [6.45, 7) is 2.60. The van der Waals surface area contributed by atoms with E-state index < -0.39 is 0 Å². The molecule has 0 amide bonds. The maximum Gasteiger partial charge on any atom is 0.178 e. The van der Waals surface area contributed by atoms with Crippen molar-refractivity contribution in [3.05, 3.63) is 72.3 Å². The van der Waals surface area contributed by atoms with Gasteiger partial charge < -0.3 is 4.74 Å². The molecule has 3 aromatic carbocycles. The van der Waals surface area contributed by atoms with Crippen LogP contribution in [-0.2, 0) is 4.74 Å². The van der Waals surface area contributed by atoms with Crippen LogP contribution in [-0.4, -0.2) is 21.6 Å². The van der Waals surface area contributed by atoms with Crippen LogP contribution in [0.4, 0.5) is 0 Å². The Morgan fingerprint density at radius 2 is 1.74 bits per heavy atom. The highest BCUT2D eigenvalue weighted by Crippen LogP contribution is 2.29. The van der Waals surface area contributed by atoms with E-state index in [1.807, 2.05) is 48.0 Å². The summed E-state index contributed by atoms with van der Waals surface area (Å²) in [5.41, 5.74) is 2.94. The second-order valence-electron chi connectivity index (χ2n) is 5.40. The molecule has 4 heteroatoms. The molecule has 4 aromatic rings. The Bertz CT molecular complexity index is 956. The summed E-state index contributed by atoms with van der Waals surface area (Å²) in [6, 6.07) is 22.5. The molecule has 1 heterocycles. The van der Waals surface area contributed by atoms with Gasteiger partial charge in [-0.25, -0.2) is 4.68 Å². The van der Waals surface area contributed by atoms with Crippen molar-refractivity contribution in [3.8, 4) is 0 Å². The van der Waals surface area contributed by atoms with E-state index in [2.05, 4.69) is 40.6 Å². The van der Waals surface area contributed by atoms with E-state index in [4.69, 9.17) is 4.74 Å². The number of fused-ring (bicyclic) bond motifs is 2. The monoisotopic (exact) mass is 303 g/mol. The normalized spacial score (nSPS) is 12.7. The van der Waals surface area contributed by atoms with Crippen molar-refractivity contribution in [2.75, 3.05) is 6.61 Å². The zero-order valence-corrected chi connectivity index (χ0v) is 12.9. The molecular weight excluding hydrogens is 286 g/mol. The Morgan fingerprint density at radius 3 is 2.65 bits per heavy atom. The highest BCUT2D eigenvalue weighted by Gasteiger charge is 2.19. The molecule has 1 unspecified atom stereocenters. The van der Waals surface area contributed by atoms with E-state index in [1.165, 1.54) is 10.8 Å². The van der Waals surface area contributed by atoms with Crippen LogP contribution >= 0.6 is 0 Å². The van der Waals surface area contributed by atoms with Crippen molar-refractivity contribution in [3.63, 3.8) is 0 Å². The molecule has 23 heavy (non-hydrogen) atoms. The van der Waals surface area contributed by atoms with Crippen LogP contribution in [0.15, 0.2) is 66.7 Å². The molecule has 0 N–H and O–H groups in total. The second kappa shape index (κ2) is 5.82. The predicted molar refractivity (Wildman–Crippen MR) is 91.2 cm³/mol. The average Bonchev–Trinajstić information content (AvgIpc) is 3.03. The summed E-state index contributed by atoms with van der Waals surface area (Å²) < 4.78 is 7.91. The Hall–Kier alpha value is -2.72. The summed E-state index contributed by atoms with van der Waals surface area (Å²) in [6.07, 6.45) is -0.293. The number of nitrogens with zero attached hydrogens (tertiary/aromatic N) is 3. The van der Waals surface area contributed by atoms with Crippen LogP contribution in [0.5, 0.6) is 0 Å². The molecule has 114 valence electrons. The van der Waals surface area contributed by atoms with Crippen molar-refractivity contribution in [1.82, 2.24) is 15.0 Å². The standard InChI is InChI=1S/C19H17N3O/c1-2-23-19(22-18-13-6-5-12-17(18)20-21-22)16-11-7-9-14-8-3-4-10-15(14)16/h3-13,19H,2H2,1H3. The summed E-state index contributed by atoms with van der Waals surface area (Å²) >= 11 is 0. The number of aromatic nitrogens is 3. The number of ether oxygens (including phenoxy) is 1. The van der Waals surface area contributed by atoms with Gasteiger partial charge in [0.25, 0.3) is 0 Å². The quantitative estimate of drug-likeness (QED) is 0.568. The van der Waals surface area contributed by atoms with Gasteiger partial charge in [-0.15, -0.1) is 5.10 Å². The Labute approximate surface area is 134 Å². The van der Waals surface area contributed by atoms with Gasteiger partial charge in [-0.05, 0) is 29.8 Å². The van der Waals surface area contributed by atoms with Gasteiger partial charge >= 0.3 is 0 Å². The van der Waals surface area contributed by atoms with Crippen molar-refractivity contribution < 1.29 is 4.74 Å². The van der Waals surface area contributed by atoms with Gasteiger partial charge in [0.05, 0.1) is 5.52 Å². The third-order valence-electron chi connectivity index (χ3n) is 4.01. The molecule has 0 aliphatic carbocycles. The van der Waals surface area contributed by atoms with Gasteiger partial charge in [-0.3, -0.25) is 0 Å². The largest absolute Gasteiger partial charge is 0.352 e. The molecule has 4 nitrogen and oxygen atoms in total. The minimum Gasteiger partial charge on any atom is -0.352 e. The van der Waals surface area contributed by atoms with Gasteiger partial charge in [0.1, 0.15) is 5.52 Å². The molecule has 0 radical (unpaired) electrons. The summed E-state index contributed by atoms with van der Waals surface area (Å²) in [5, 5.41) is 11.0. The second-order valence-corrected chi connectivity index (χ2v) is 5.40. The zero-order chi connectivity index (χ0) is 15.6. The Morgan fingerprint density at radius 1 is 0.957 bits per heavy atom. The van der Waals surface area contributed by atoms with E-state index in [-0.39, 0.29) is 6.23 Å². The molecule has 0 fully saturated rings. The SMILES string of the molecule is CCOC(c1cccc2ccccc12)n1nnc2ccccc21. The fourth-order valence-electron chi connectivity index (χ4n) is 2.98. The number of benzene rings is 3. The predicted octanol–water partition coefficient (Wildman–Crippen LogP) is 4.17. The molecule has 4 rings (SSSR count). The first kappa shape index (κ1) is 13.9. The van der Waals surface area contributed by atoms with Gasteiger partial charge in [0.2, 0.25) is 0 Å². The molecule has 0 spiro atoms. The topological polar surface area (TPSA) is 39.9 Å². The van der Waals surface area contributed by atoms with Gasteiger partial charge in [-0.1, -0.05) is 59.8 Å². The fourth-order valence-corrected chi connectivity index (χ4v) is 2.98. The highest BCUT2D eigenvalue weighted by molar-refractivity contribution is 5.86. The van der Waals surface area contributed by atoms with Crippen molar-refractivity contribution in [1.29, 1.82) is 0 Å². The maximum absolute atomic E-state index is 6.05. The van der Waals surface area contributed by atoms with Crippen molar-refractivity contribution >= 4 is 21.8 Å². The lowest BCUT2D eigenvalue weighted by Crippen LogP contribution is -2.16. The molecule has 1 atom stereocenters. The Kier molecular flexibility index (Phi) is 3.52. The molecular formula is C19H17N3O. The van der Waals surface area contributed by atoms with E-state index in [1.54, 1.807) is 0 Å². The van der Waals surface area contributed by atoms with E-state index in [0.717, 1.165) is 16.6 Å². The number of hydrogen-bond donors (Lipinski definition) is 0. The first-order valence-corrected chi connectivity index (χ1v) is 7.77. The van der Waals surface area contributed by atoms with Gasteiger partial charge in [0.15, 0.2) is 6.23 Å². The zero-order valence-electron chi connectivity index (χ0n) is 12.9. The molecule has 0 saturated carbocycles. The fraction of sp³-hybridized carbons (Fsp3) is 0.158. The molecule has 1 aromatic heterocycles. The van der Waals surface area contributed by atoms with E-state index in [9.17, 15) is 0 Å². The van der Waals surface area contributed by atoms with Gasteiger partial charge in [0, 0.05) is 12.2 Å². The lowest BCUT2D eigenvalue weighted by atomic mass is 10.0. The Balaban J connectivity index is 1.94. The third-order valence-corrected chi connectivity index (χ3v) is 4.01. The molecule has 0 aliphatic heterocycles. The summed E-state index contributed by atoms with van der Waals surface area (Å²) in [5.74, 6) is 0. The maximum atomic E-state index is 6.05. The van der Waals surface area contributed by atoms with E-state index >= 15 is 0 Å². The van der Waals surface area contributed by atoms with Crippen LogP contribution in [0.1, 0.15) is 18.7 Å². The average molecular weight is 303 g/mol. The first-order valence-electron chi connectivity index (χ1n) is 7.77. The first-order chi connectivity index (χ1) is 11.4. The van der Waals surface area contributed by atoms with Crippen LogP contribution < -0.4 is 0 Å². The van der Waals surface area contributed by atoms with Crippen molar-refractivity contribution in [2.24, 2.45) is 0 Å². The summed E-state index contributed by atoms with van der Waals surface area (Å²) in [7, 11) is 0. The smallest absolute Gasteiger partial charge is 0.178 e. The van der Waals surface area contributed by atoms with Crippen LogP contribution in [0.3, 0.4) is 0 Å². The van der Waals surface area contributed by atoms with Gasteiger partial charge in [-0.2, -0.15) is 0 Å². The van der Waals surface area contributed by atoms with E-state index in [0.29, 0.717) is 6.61 Å².